The number of methoxy groups -OCH3 is 1. The van der Waals surface area contributed by atoms with Gasteiger partial charge in [-0.25, -0.2) is 0 Å². The molecule has 0 amide bonds. The Morgan fingerprint density at radius 3 is 2.88 bits per heavy atom. The molecule has 0 aromatic heterocycles. The molecule has 3 N–H and O–H groups in total. The number of halogens is 2. The van der Waals surface area contributed by atoms with Crippen LogP contribution in [0.5, 0.6) is 0 Å². The molecule has 0 radical (unpaired) electrons. The number of nitrogens with one attached hydrogen (secondary N) is 1. The third kappa shape index (κ3) is 4.03. The Kier molecular flexibility index (Phi) is 6.31. The fraction of sp³-hybridized carbons (Fsp3) is 0.455. The van der Waals surface area contributed by atoms with E-state index in [9.17, 15) is 0 Å². The van der Waals surface area contributed by atoms with Crippen LogP contribution >= 0.6 is 27.5 Å². The van der Waals surface area contributed by atoms with Gasteiger partial charge >= 0.3 is 0 Å². The van der Waals surface area contributed by atoms with Crippen molar-refractivity contribution >= 4 is 27.5 Å². The van der Waals surface area contributed by atoms with Crippen LogP contribution in [-0.4, -0.2) is 13.7 Å². The van der Waals surface area contributed by atoms with Crippen molar-refractivity contribution in [1.82, 2.24) is 5.43 Å². The summed E-state index contributed by atoms with van der Waals surface area (Å²) in [5, 5.41) is 0.717. The van der Waals surface area contributed by atoms with E-state index in [1.54, 1.807) is 7.11 Å². The highest BCUT2D eigenvalue weighted by Gasteiger charge is 2.12. The smallest absolute Gasteiger partial charge is 0.0475 e. The fourth-order valence-corrected chi connectivity index (χ4v) is 2.35. The SMILES string of the molecule is COCCCC(NN)c1ccc(Br)cc1Cl. The molecule has 1 unspecified atom stereocenters. The average Bonchev–Trinajstić information content (AvgIpc) is 2.26. The van der Waals surface area contributed by atoms with Crippen LogP contribution in [0.15, 0.2) is 22.7 Å². The zero-order chi connectivity index (χ0) is 12.0. The summed E-state index contributed by atoms with van der Waals surface area (Å²) in [4.78, 5) is 0. The first-order valence-corrected chi connectivity index (χ1v) is 6.26. The third-order valence-corrected chi connectivity index (χ3v) is 3.20. The molecule has 16 heavy (non-hydrogen) atoms. The number of nitrogens with two attached hydrogens (primary N) is 1. The molecular weight excluding hydrogens is 291 g/mol. The van der Waals surface area contributed by atoms with Crippen LogP contribution in [0.3, 0.4) is 0 Å². The second kappa shape index (κ2) is 7.25. The summed E-state index contributed by atoms with van der Waals surface area (Å²) in [6.45, 7) is 0.728. The summed E-state index contributed by atoms with van der Waals surface area (Å²) in [5.41, 5.74) is 3.80. The summed E-state index contributed by atoms with van der Waals surface area (Å²) in [5.74, 6) is 5.53. The molecule has 90 valence electrons. The molecule has 0 aliphatic carbocycles. The van der Waals surface area contributed by atoms with E-state index in [-0.39, 0.29) is 6.04 Å². The van der Waals surface area contributed by atoms with Crippen molar-refractivity contribution in [2.75, 3.05) is 13.7 Å². The molecular formula is C11H16BrClN2O. The van der Waals surface area contributed by atoms with E-state index >= 15 is 0 Å². The van der Waals surface area contributed by atoms with Gasteiger partial charge in [0, 0.05) is 29.3 Å². The first kappa shape index (κ1) is 13.9. The van der Waals surface area contributed by atoms with E-state index in [1.807, 2.05) is 18.2 Å². The fourth-order valence-electron chi connectivity index (χ4n) is 1.54. The second-order valence-electron chi connectivity index (χ2n) is 3.52. The lowest BCUT2D eigenvalue weighted by molar-refractivity contribution is 0.189. The van der Waals surface area contributed by atoms with Crippen molar-refractivity contribution in [2.24, 2.45) is 5.84 Å². The largest absolute Gasteiger partial charge is 0.385 e. The van der Waals surface area contributed by atoms with Gasteiger partial charge < -0.3 is 4.74 Å². The normalized spacial score (nSPS) is 12.8. The number of hydrazine groups is 1. The van der Waals surface area contributed by atoms with Crippen LogP contribution in [0, 0.1) is 0 Å². The Hall–Kier alpha value is -0.130. The van der Waals surface area contributed by atoms with Gasteiger partial charge in [-0.15, -0.1) is 0 Å². The Bertz CT molecular complexity index is 336. The Morgan fingerprint density at radius 1 is 1.56 bits per heavy atom. The zero-order valence-electron chi connectivity index (χ0n) is 9.17. The van der Waals surface area contributed by atoms with Gasteiger partial charge in [-0.05, 0) is 30.5 Å². The van der Waals surface area contributed by atoms with E-state index in [0.29, 0.717) is 0 Å². The quantitative estimate of drug-likeness (QED) is 0.482. The van der Waals surface area contributed by atoms with Gasteiger partial charge in [0.25, 0.3) is 0 Å². The van der Waals surface area contributed by atoms with E-state index in [0.717, 1.165) is 34.5 Å². The predicted molar refractivity (Wildman–Crippen MR) is 70.3 cm³/mol. The van der Waals surface area contributed by atoms with Gasteiger partial charge in [-0.2, -0.15) is 0 Å². The molecule has 0 heterocycles. The van der Waals surface area contributed by atoms with Gasteiger partial charge in [0.05, 0.1) is 0 Å². The standard InChI is InChI=1S/C11H16BrClN2O/c1-16-6-2-3-11(15-14)9-5-4-8(12)7-10(9)13/h4-5,7,11,15H,2-3,6,14H2,1H3. The molecule has 0 aliphatic heterocycles. The highest BCUT2D eigenvalue weighted by molar-refractivity contribution is 9.10. The van der Waals surface area contributed by atoms with Crippen molar-refractivity contribution in [3.63, 3.8) is 0 Å². The Morgan fingerprint density at radius 2 is 2.31 bits per heavy atom. The van der Waals surface area contributed by atoms with Crippen LogP contribution < -0.4 is 11.3 Å². The molecule has 1 aromatic rings. The molecule has 0 saturated heterocycles. The van der Waals surface area contributed by atoms with Crippen molar-refractivity contribution in [2.45, 2.75) is 18.9 Å². The molecule has 3 nitrogen and oxygen atoms in total. The Balaban J connectivity index is 2.70. The summed E-state index contributed by atoms with van der Waals surface area (Å²) < 4.78 is 5.98. The molecule has 0 fully saturated rings. The number of hydrogen-bond acceptors (Lipinski definition) is 3. The number of benzene rings is 1. The van der Waals surface area contributed by atoms with Crippen molar-refractivity contribution < 1.29 is 4.74 Å². The van der Waals surface area contributed by atoms with E-state index in [4.69, 9.17) is 22.2 Å². The lowest BCUT2D eigenvalue weighted by atomic mass is 10.0. The first-order chi connectivity index (χ1) is 7.69. The lowest BCUT2D eigenvalue weighted by Crippen LogP contribution is -2.28. The van der Waals surface area contributed by atoms with E-state index in [2.05, 4.69) is 21.4 Å². The van der Waals surface area contributed by atoms with Gasteiger partial charge in [0.1, 0.15) is 0 Å². The van der Waals surface area contributed by atoms with Crippen molar-refractivity contribution in [1.29, 1.82) is 0 Å². The number of ether oxygens (including phenoxy) is 1. The zero-order valence-corrected chi connectivity index (χ0v) is 11.5. The third-order valence-electron chi connectivity index (χ3n) is 2.38. The summed E-state index contributed by atoms with van der Waals surface area (Å²) >= 11 is 9.53. The van der Waals surface area contributed by atoms with Crippen LogP contribution in [0.25, 0.3) is 0 Å². The minimum absolute atomic E-state index is 0.0655. The summed E-state index contributed by atoms with van der Waals surface area (Å²) in [6, 6.07) is 5.87. The van der Waals surface area contributed by atoms with Crippen LogP contribution in [0.1, 0.15) is 24.4 Å². The second-order valence-corrected chi connectivity index (χ2v) is 4.84. The molecule has 0 aliphatic rings. The van der Waals surface area contributed by atoms with E-state index in [1.165, 1.54) is 0 Å². The maximum atomic E-state index is 6.16. The minimum Gasteiger partial charge on any atom is -0.385 e. The van der Waals surface area contributed by atoms with Crippen LogP contribution in [0.4, 0.5) is 0 Å². The van der Waals surface area contributed by atoms with Crippen LogP contribution in [0.2, 0.25) is 5.02 Å². The molecule has 0 saturated carbocycles. The Labute approximate surface area is 109 Å². The lowest BCUT2D eigenvalue weighted by Gasteiger charge is -2.17. The molecule has 5 heteroatoms. The van der Waals surface area contributed by atoms with Gasteiger partial charge in [0.2, 0.25) is 0 Å². The average molecular weight is 308 g/mol. The highest BCUT2D eigenvalue weighted by Crippen LogP contribution is 2.28. The minimum atomic E-state index is 0.0655. The van der Waals surface area contributed by atoms with Gasteiger partial charge in [0.15, 0.2) is 0 Å². The topological polar surface area (TPSA) is 47.3 Å². The van der Waals surface area contributed by atoms with Gasteiger partial charge in [-0.3, -0.25) is 11.3 Å². The first-order valence-electron chi connectivity index (χ1n) is 5.09. The molecule has 1 aromatic carbocycles. The number of hydrogen-bond donors (Lipinski definition) is 2. The highest BCUT2D eigenvalue weighted by atomic mass is 79.9. The maximum Gasteiger partial charge on any atom is 0.0475 e. The van der Waals surface area contributed by atoms with Crippen LogP contribution in [-0.2, 0) is 4.74 Å². The molecule has 1 atom stereocenters. The van der Waals surface area contributed by atoms with Crippen molar-refractivity contribution in [3.8, 4) is 0 Å². The molecule has 1 rings (SSSR count). The van der Waals surface area contributed by atoms with Gasteiger partial charge in [-0.1, -0.05) is 33.6 Å². The van der Waals surface area contributed by atoms with E-state index < -0.39 is 0 Å². The number of rotatable bonds is 6. The molecule has 0 bridgehead atoms. The van der Waals surface area contributed by atoms with Crippen molar-refractivity contribution in [3.05, 3.63) is 33.3 Å². The predicted octanol–water partition coefficient (Wildman–Crippen LogP) is 3.03. The monoisotopic (exact) mass is 306 g/mol. The maximum absolute atomic E-state index is 6.16. The summed E-state index contributed by atoms with van der Waals surface area (Å²) in [7, 11) is 1.69. The summed E-state index contributed by atoms with van der Waals surface area (Å²) in [6.07, 6.45) is 1.84. The molecule has 0 spiro atoms.